The van der Waals surface area contributed by atoms with Crippen LogP contribution in [-0.4, -0.2) is 29.9 Å². The SMILES string of the molecule is Cc1cc(Cl)ccc1NC(=O)CSCC(=O)NCCc1ccccc1. The number of benzene rings is 2. The molecular formula is C19H21ClN2O2S. The van der Waals surface area contributed by atoms with Gasteiger partial charge in [0.2, 0.25) is 11.8 Å². The summed E-state index contributed by atoms with van der Waals surface area (Å²) in [5.74, 6) is 0.305. The van der Waals surface area contributed by atoms with Crippen LogP contribution in [0.15, 0.2) is 48.5 Å². The number of aryl methyl sites for hydroxylation is 1. The van der Waals surface area contributed by atoms with Crippen molar-refractivity contribution in [3.05, 3.63) is 64.7 Å². The molecule has 0 aliphatic heterocycles. The lowest BCUT2D eigenvalue weighted by molar-refractivity contribution is -0.118. The molecule has 2 rings (SSSR count). The highest BCUT2D eigenvalue weighted by Crippen LogP contribution is 2.19. The van der Waals surface area contributed by atoms with Gasteiger partial charge in [-0.25, -0.2) is 0 Å². The first-order valence-corrected chi connectivity index (χ1v) is 9.52. The Morgan fingerprint density at radius 3 is 2.48 bits per heavy atom. The van der Waals surface area contributed by atoms with E-state index in [1.807, 2.05) is 37.3 Å². The Kier molecular flexibility index (Phi) is 7.82. The third kappa shape index (κ3) is 7.20. The number of thioether (sulfide) groups is 1. The van der Waals surface area contributed by atoms with Crippen LogP contribution in [0.4, 0.5) is 5.69 Å². The molecule has 4 nitrogen and oxygen atoms in total. The molecule has 0 unspecified atom stereocenters. The molecule has 0 saturated carbocycles. The molecule has 25 heavy (non-hydrogen) atoms. The van der Waals surface area contributed by atoms with Crippen LogP contribution in [0.5, 0.6) is 0 Å². The molecule has 2 aromatic rings. The second-order valence-electron chi connectivity index (χ2n) is 5.59. The van der Waals surface area contributed by atoms with Crippen molar-refractivity contribution in [1.82, 2.24) is 5.32 Å². The Balaban J connectivity index is 1.62. The molecule has 6 heteroatoms. The summed E-state index contributed by atoms with van der Waals surface area (Å²) in [6.07, 6.45) is 0.799. The first-order valence-electron chi connectivity index (χ1n) is 7.99. The quantitative estimate of drug-likeness (QED) is 0.738. The van der Waals surface area contributed by atoms with Crippen molar-refractivity contribution in [2.75, 3.05) is 23.4 Å². The van der Waals surface area contributed by atoms with E-state index in [0.717, 1.165) is 17.7 Å². The van der Waals surface area contributed by atoms with E-state index in [1.165, 1.54) is 17.3 Å². The summed E-state index contributed by atoms with van der Waals surface area (Å²) in [6, 6.07) is 15.3. The van der Waals surface area contributed by atoms with Crippen LogP contribution in [-0.2, 0) is 16.0 Å². The average Bonchev–Trinajstić information content (AvgIpc) is 2.58. The van der Waals surface area contributed by atoms with Crippen molar-refractivity contribution in [1.29, 1.82) is 0 Å². The summed E-state index contributed by atoms with van der Waals surface area (Å²) in [5.41, 5.74) is 2.83. The molecule has 0 radical (unpaired) electrons. The highest BCUT2D eigenvalue weighted by molar-refractivity contribution is 8.00. The van der Waals surface area contributed by atoms with Crippen molar-refractivity contribution >= 4 is 40.9 Å². The number of rotatable bonds is 8. The molecule has 0 aromatic heterocycles. The molecule has 0 aliphatic carbocycles. The van der Waals surface area contributed by atoms with E-state index in [1.54, 1.807) is 18.2 Å². The van der Waals surface area contributed by atoms with Gasteiger partial charge in [0.15, 0.2) is 0 Å². The minimum Gasteiger partial charge on any atom is -0.355 e. The van der Waals surface area contributed by atoms with Crippen molar-refractivity contribution in [3.8, 4) is 0 Å². The van der Waals surface area contributed by atoms with Crippen LogP contribution in [0.25, 0.3) is 0 Å². The van der Waals surface area contributed by atoms with Crippen LogP contribution in [0.2, 0.25) is 5.02 Å². The maximum Gasteiger partial charge on any atom is 0.234 e. The maximum atomic E-state index is 11.9. The monoisotopic (exact) mass is 376 g/mol. The molecule has 0 bridgehead atoms. The highest BCUT2D eigenvalue weighted by atomic mass is 35.5. The number of amides is 2. The highest BCUT2D eigenvalue weighted by Gasteiger charge is 2.07. The second-order valence-corrected chi connectivity index (χ2v) is 7.01. The van der Waals surface area contributed by atoms with Crippen LogP contribution in [0.1, 0.15) is 11.1 Å². The number of nitrogens with one attached hydrogen (secondary N) is 2. The van der Waals surface area contributed by atoms with Crippen LogP contribution in [0.3, 0.4) is 0 Å². The molecule has 0 aliphatic rings. The Bertz CT molecular complexity index is 723. The zero-order chi connectivity index (χ0) is 18.1. The number of anilines is 1. The van der Waals surface area contributed by atoms with Crippen molar-refractivity contribution in [3.63, 3.8) is 0 Å². The number of carbonyl (C=O) groups is 2. The zero-order valence-corrected chi connectivity index (χ0v) is 15.6. The van der Waals surface area contributed by atoms with Crippen molar-refractivity contribution < 1.29 is 9.59 Å². The normalized spacial score (nSPS) is 10.3. The summed E-state index contributed by atoms with van der Waals surface area (Å²) in [4.78, 5) is 23.7. The number of halogens is 1. The molecule has 0 spiro atoms. The number of carbonyl (C=O) groups excluding carboxylic acids is 2. The molecule has 0 atom stereocenters. The van der Waals surface area contributed by atoms with Crippen molar-refractivity contribution in [2.24, 2.45) is 0 Å². The Morgan fingerprint density at radius 1 is 1.04 bits per heavy atom. The van der Waals surface area contributed by atoms with Gasteiger partial charge in [0.25, 0.3) is 0 Å². The first kappa shape index (κ1) is 19.3. The lowest BCUT2D eigenvalue weighted by Crippen LogP contribution is -2.28. The topological polar surface area (TPSA) is 58.2 Å². The number of hydrogen-bond donors (Lipinski definition) is 2. The van der Waals surface area contributed by atoms with E-state index in [4.69, 9.17) is 11.6 Å². The van der Waals surface area contributed by atoms with Gasteiger partial charge in [-0.05, 0) is 42.7 Å². The Morgan fingerprint density at radius 2 is 1.76 bits per heavy atom. The fourth-order valence-electron chi connectivity index (χ4n) is 2.23. The summed E-state index contributed by atoms with van der Waals surface area (Å²) >= 11 is 7.19. The Labute approximate surface area is 157 Å². The average molecular weight is 377 g/mol. The summed E-state index contributed by atoms with van der Waals surface area (Å²) in [6.45, 7) is 2.48. The summed E-state index contributed by atoms with van der Waals surface area (Å²) in [7, 11) is 0. The summed E-state index contributed by atoms with van der Waals surface area (Å²) in [5, 5.41) is 6.33. The van der Waals surface area contributed by atoms with Gasteiger partial charge in [0.05, 0.1) is 11.5 Å². The van der Waals surface area contributed by atoms with Gasteiger partial charge in [-0.1, -0.05) is 41.9 Å². The fourth-order valence-corrected chi connectivity index (χ4v) is 3.11. The van der Waals surface area contributed by atoms with Gasteiger partial charge in [-0.2, -0.15) is 0 Å². The van der Waals surface area contributed by atoms with Gasteiger partial charge >= 0.3 is 0 Å². The van der Waals surface area contributed by atoms with Gasteiger partial charge in [0.1, 0.15) is 0 Å². The van der Waals surface area contributed by atoms with E-state index in [-0.39, 0.29) is 23.3 Å². The van der Waals surface area contributed by atoms with Gasteiger partial charge in [-0.3, -0.25) is 9.59 Å². The predicted octanol–water partition coefficient (Wildman–Crippen LogP) is 3.68. The molecule has 0 saturated heterocycles. The fraction of sp³-hybridized carbons (Fsp3) is 0.263. The molecule has 0 fully saturated rings. The van der Waals surface area contributed by atoms with Crippen molar-refractivity contribution in [2.45, 2.75) is 13.3 Å². The maximum absolute atomic E-state index is 11.9. The third-order valence-corrected chi connectivity index (χ3v) is 4.68. The minimum absolute atomic E-state index is 0.0589. The molecule has 132 valence electrons. The van der Waals surface area contributed by atoms with E-state index in [2.05, 4.69) is 10.6 Å². The van der Waals surface area contributed by atoms with E-state index in [9.17, 15) is 9.59 Å². The van der Waals surface area contributed by atoms with Gasteiger partial charge in [-0.15, -0.1) is 11.8 Å². The molecule has 2 aromatic carbocycles. The van der Waals surface area contributed by atoms with E-state index < -0.39 is 0 Å². The summed E-state index contributed by atoms with van der Waals surface area (Å²) < 4.78 is 0. The predicted molar refractivity (Wildman–Crippen MR) is 105 cm³/mol. The van der Waals surface area contributed by atoms with Crippen LogP contribution < -0.4 is 10.6 Å². The van der Waals surface area contributed by atoms with E-state index >= 15 is 0 Å². The van der Waals surface area contributed by atoms with Gasteiger partial charge in [0, 0.05) is 17.3 Å². The van der Waals surface area contributed by atoms with Crippen LogP contribution >= 0.6 is 23.4 Å². The second kappa shape index (κ2) is 10.1. The first-order chi connectivity index (χ1) is 12.0. The Hall–Kier alpha value is -1.98. The molecule has 2 amide bonds. The lowest BCUT2D eigenvalue weighted by Gasteiger charge is -2.09. The molecule has 2 N–H and O–H groups in total. The third-order valence-electron chi connectivity index (χ3n) is 3.51. The molecular weight excluding hydrogens is 356 g/mol. The molecule has 0 heterocycles. The largest absolute Gasteiger partial charge is 0.355 e. The smallest absolute Gasteiger partial charge is 0.234 e. The minimum atomic E-state index is -0.132. The standard InChI is InChI=1S/C19H21ClN2O2S/c1-14-11-16(20)7-8-17(14)22-19(24)13-25-12-18(23)21-10-9-15-5-3-2-4-6-15/h2-8,11H,9-10,12-13H2,1H3,(H,21,23)(H,22,24). The van der Waals surface area contributed by atoms with Gasteiger partial charge < -0.3 is 10.6 Å². The lowest BCUT2D eigenvalue weighted by atomic mass is 10.1. The zero-order valence-electron chi connectivity index (χ0n) is 14.0. The van der Waals surface area contributed by atoms with E-state index in [0.29, 0.717) is 11.6 Å². The van der Waals surface area contributed by atoms with Crippen LogP contribution in [0, 0.1) is 6.92 Å². The number of hydrogen-bond acceptors (Lipinski definition) is 3.